The quantitative estimate of drug-likeness (QED) is 0.851. The number of nitrogens with zero attached hydrogens (tertiary/aromatic N) is 1. The van der Waals surface area contributed by atoms with Gasteiger partial charge in [-0.3, -0.25) is 9.51 Å². The summed E-state index contributed by atoms with van der Waals surface area (Å²) < 4.78 is 17.8. The molecule has 0 aliphatic carbocycles. The standard InChI is InChI=1S/C8H4BrFN2O2/c9-5-1-4(2-6(10)3-5)7-11-8(13)14-12-7/h1-3H,(H,11,12,13). The minimum Gasteiger partial charge on any atom is -0.296 e. The Hall–Kier alpha value is -1.43. The van der Waals surface area contributed by atoms with Gasteiger partial charge in [0.15, 0.2) is 5.82 Å². The highest BCUT2D eigenvalue weighted by atomic mass is 79.9. The van der Waals surface area contributed by atoms with Crippen molar-refractivity contribution >= 4 is 15.9 Å². The molecule has 72 valence electrons. The Bertz CT molecular complexity index is 500. The third-order valence-electron chi connectivity index (χ3n) is 1.58. The first-order valence-electron chi connectivity index (χ1n) is 3.67. The molecular formula is C8H4BrFN2O2. The van der Waals surface area contributed by atoms with Crippen molar-refractivity contribution < 1.29 is 8.91 Å². The molecule has 0 radical (unpaired) electrons. The lowest BCUT2D eigenvalue weighted by molar-refractivity contribution is 0.388. The van der Waals surface area contributed by atoms with Crippen LogP contribution in [-0.2, 0) is 0 Å². The topological polar surface area (TPSA) is 58.9 Å². The zero-order chi connectivity index (χ0) is 10.1. The number of benzene rings is 1. The Kier molecular flexibility index (Phi) is 2.20. The lowest BCUT2D eigenvalue weighted by Crippen LogP contribution is -1.94. The molecule has 14 heavy (non-hydrogen) atoms. The third kappa shape index (κ3) is 1.74. The number of rotatable bonds is 1. The van der Waals surface area contributed by atoms with E-state index < -0.39 is 11.6 Å². The highest BCUT2D eigenvalue weighted by Crippen LogP contribution is 2.20. The molecule has 1 aromatic carbocycles. The molecule has 0 amide bonds. The summed E-state index contributed by atoms with van der Waals surface area (Å²) in [4.78, 5) is 13.0. The lowest BCUT2D eigenvalue weighted by Gasteiger charge is -1.96. The van der Waals surface area contributed by atoms with E-state index in [9.17, 15) is 9.18 Å². The fraction of sp³-hybridized carbons (Fsp3) is 0. The van der Waals surface area contributed by atoms with Crippen LogP contribution in [0.25, 0.3) is 11.4 Å². The van der Waals surface area contributed by atoms with Crippen molar-refractivity contribution in [1.82, 2.24) is 10.1 Å². The Labute approximate surface area is 85.9 Å². The van der Waals surface area contributed by atoms with E-state index in [-0.39, 0.29) is 5.82 Å². The second-order valence-electron chi connectivity index (χ2n) is 2.60. The van der Waals surface area contributed by atoms with Crippen molar-refractivity contribution in [3.63, 3.8) is 0 Å². The Morgan fingerprint density at radius 2 is 2.21 bits per heavy atom. The zero-order valence-electron chi connectivity index (χ0n) is 6.75. The van der Waals surface area contributed by atoms with Crippen molar-refractivity contribution in [3.05, 3.63) is 39.0 Å². The van der Waals surface area contributed by atoms with E-state index in [2.05, 4.69) is 30.6 Å². The first kappa shape index (κ1) is 9.14. The van der Waals surface area contributed by atoms with Crippen molar-refractivity contribution in [1.29, 1.82) is 0 Å². The highest BCUT2D eigenvalue weighted by Gasteiger charge is 2.06. The molecule has 0 unspecified atom stereocenters. The molecule has 2 aromatic rings. The van der Waals surface area contributed by atoms with Gasteiger partial charge in [-0.05, 0) is 18.2 Å². The van der Waals surface area contributed by atoms with Gasteiger partial charge < -0.3 is 0 Å². The number of H-pyrrole nitrogens is 1. The van der Waals surface area contributed by atoms with E-state index >= 15 is 0 Å². The summed E-state index contributed by atoms with van der Waals surface area (Å²) in [5, 5.41) is 3.44. The van der Waals surface area contributed by atoms with Gasteiger partial charge in [0.05, 0.1) is 0 Å². The monoisotopic (exact) mass is 258 g/mol. The molecule has 2 rings (SSSR count). The van der Waals surface area contributed by atoms with Gasteiger partial charge in [0.1, 0.15) is 5.82 Å². The van der Waals surface area contributed by atoms with Gasteiger partial charge in [-0.15, -0.1) is 0 Å². The molecule has 1 heterocycles. The molecular weight excluding hydrogens is 255 g/mol. The smallest absolute Gasteiger partial charge is 0.296 e. The Balaban J connectivity index is 2.56. The summed E-state index contributed by atoms with van der Waals surface area (Å²) in [6, 6.07) is 4.18. The largest absolute Gasteiger partial charge is 0.439 e. The minimum atomic E-state index is -0.666. The number of halogens is 2. The molecule has 1 aromatic heterocycles. The van der Waals surface area contributed by atoms with Crippen LogP contribution in [0.15, 0.2) is 32.0 Å². The van der Waals surface area contributed by atoms with Crippen LogP contribution in [0.3, 0.4) is 0 Å². The van der Waals surface area contributed by atoms with Crippen molar-refractivity contribution in [2.45, 2.75) is 0 Å². The zero-order valence-corrected chi connectivity index (χ0v) is 8.34. The highest BCUT2D eigenvalue weighted by molar-refractivity contribution is 9.10. The molecule has 6 heteroatoms. The average Bonchev–Trinajstić information content (AvgIpc) is 2.50. The summed E-state index contributed by atoms with van der Waals surface area (Å²) in [5.41, 5.74) is 0.447. The minimum absolute atomic E-state index is 0.204. The lowest BCUT2D eigenvalue weighted by atomic mass is 10.2. The van der Waals surface area contributed by atoms with E-state index in [1.54, 1.807) is 6.07 Å². The van der Waals surface area contributed by atoms with E-state index in [1.165, 1.54) is 12.1 Å². The van der Waals surface area contributed by atoms with E-state index in [1.807, 2.05) is 0 Å². The van der Waals surface area contributed by atoms with Gasteiger partial charge in [0.2, 0.25) is 0 Å². The van der Waals surface area contributed by atoms with Crippen LogP contribution in [0.1, 0.15) is 0 Å². The second kappa shape index (κ2) is 3.38. The second-order valence-corrected chi connectivity index (χ2v) is 3.52. The fourth-order valence-corrected chi connectivity index (χ4v) is 1.51. The van der Waals surface area contributed by atoms with Gasteiger partial charge >= 0.3 is 5.76 Å². The van der Waals surface area contributed by atoms with Gasteiger partial charge in [0, 0.05) is 10.0 Å². The summed E-state index contributed by atoms with van der Waals surface area (Å²) in [5.74, 6) is -0.881. The first-order valence-corrected chi connectivity index (χ1v) is 4.47. The number of nitrogens with one attached hydrogen (secondary N) is 1. The van der Waals surface area contributed by atoms with Gasteiger partial charge in [-0.1, -0.05) is 21.1 Å². The van der Waals surface area contributed by atoms with E-state index in [4.69, 9.17) is 0 Å². The molecule has 0 fully saturated rings. The summed E-state index contributed by atoms with van der Waals surface area (Å²) in [7, 11) is 0. The van der Waals surface area contributed by atoms with Crippen molar-refractivity contribution in [2.24, 2.45) is 0 Å². The normalized spacial score (nSPS) is 10.4. The van der Waals surface area contributed by atoms with Crippen molar-refractivity contribution in [2.75, 3.05) is 0 Å². The van der Waals surface area contributed by atoms with Gasteiger partial charge in [-0.2, -0.15) is 0 Å². The Morgan fingerprint density at radius 1 is 1.43 bits per heavy atom. The molecule has 0 aliphatic heterocycles. The maximum absolute atomic E-state index is 12.9. The number of aromatic nitrogens is 2. The van der Waals surface area contributed by atoms with E-state index in [0.717, 1.165) is 0 Å². The molecule has 4 nitrogen and oxygen atoms in total. The van der Waals surface area contributed by atoms with Crippen LogP contribution in [0.2, 0.25) is 0 Å². The van der Waals surface area contributed by atoms with Crippen LogP contribution in [0.5, 0.6) is 0 Å². The number of hydrogen-bond donors (Lipinski definition) is 1. The van der Waals surface area contributed by atoms with Crippen LogP contribution < -0.4 is 5.76 Å². The third-order valence-corrected chi connectivity index (χ3v) is 2.03. The van der Waals surface area contributed by atoms with Crippen LogP contribution >= 0.6 is 15.9 Å². The number of aromatic amines is 1. The molecule has 1 N–H and O–H groups in total. The number of hydrogen-bond acceptors (Lipinski definition) is 3. The molecule has 0 spiro atoms. The average molecular weight is 259 g/mol. The Morgan fingerprint density at radius 3 is 2.79 bits per heavy atom. The van der Waals surface area contributed by atoms with Crippen LogP contribution in [0.4, 0.5) is 4.39 Å². The van der Waals surface area contributed by atoms with Crippen LogP contribution in [0, 0.1) is 5.82 Å². The van der Waals surface area contributed by atoms with E-state index in [0.29, 0.717) is 10.0 Å². The molecule has 0 atom stereocenters. The predicted molar refractivity (Wildman–Crippen MR) is 50.2 cm³/mol. The summed E-state index contributed by atoms with van der Waals surface area (Å²) >= 11 is 3.13. The maximum atomic E-state index is 12.9. The summed E-state index contributed by atoms with van der Waals surface area (Å²) in [6.45, 7) is 0. The van der Waals surface area contributed by atoms with Crippen molar-refractivity contribution in [3.8, 4) is 11.4 Å². The summed E-state index contributed by atoms with van der Waals surface area (Å²) in [6.07, 6.45) is 0. The molecule has 0 saturated heterocycles. The van der Waals surface area contributed by atoms with Gasteiger partial charge in [-0.25, -0.2) is 9.18 Å². The predicted octanol–water partition coefficient (Wildman–Crippen LogP) is 1.93. The van der Waals surface area contributed by atoms with Gasteiger partial charge in [0.25, 0.3) is 0 Å². The SMILES string of the molecule is O=c1[nH]c(-c2cc(F)cc(Br)c2)no1. The molecule has 0 bridgehead atoms. The first-order chi connectivity index (χ1) is 6.65. The fourth-order valence-electron chi connectivity index (χ4n) is 1.04. The maximum Gasteiger partial charge on any atom is 0.439 e. The molecule has 0 saturated carbocycles. The van der Waals surface area contributed by atoms with Crippen LogP contribution in [-0.4, -0.2) is 10.1 Å². The molecule has 0 aliphatic rings.